The van der Waals surface area contributed by atoms with Gasteiger partial charge in [0, 0.05) is 19.6 Å². The minimum Gasteiger partial charge on any atom is -0.494 e. The van der Waals surface area contributed by atoms with E-state index in [0.717, 1.165) is 37.2 Å². The number of benzene rings is 2. The third kappa shape index (κ3) is 4.85. The third-order valence-corrected chi connectivity index (χ3v) is 4.79. The van der Waals surface area contributed by atoms with E-state index in [2.05, 4.69) is 67.3 Å². The molecule has 0 bridgehead atoms. The predicted molar refractivity (Wildman–Crippen MR) is 101 cm³/mol. The molecule has 0 unspecified atom stereocenters. The monoisotopic (exact) mass is 323 g/mol. The van der Waals surface area contributed by atoms with Gasteiger partial charge in [0.25, 0.3) is 0 Å². The fourth-order valence-electron chi connectivity index (χ4n) is 3.83. The smallest absolute Gasteiger partial charge is 0.119 e. The van der Waals surface area contributed by atoms with E-state index in [-0.39, 0.29) is 0 Å². The van der Waals surface area contributed by atoms with Crippen molar-refractivity contribution in [1.82, 2.24) is 4.90 Å². The van der Waals surface area contributed by atoms with Crippen molar-refractivity contribution < 1.29 is 4.74 Å². The molecule has 2 aromatic carbocycles. The van der Waals surface area contributed by atoms with Gasteiger partial charge in [-0.25, -0.2) is 0 Å². The lowest BCUT2D eigenvalue weighted by molar-refractivity contribution is 0.132. The zero-order valence-electron chi connectivity index (χ0n) is 14.9. The Morgan fingerprint density at radius 3 is 2.17 bits per heavy atom. The first kappa shape index (κ1) is 17.0. The zero-order chi connectivity index (χ0) is 16.8. The molecule has 2 atom stereocenters. The summed E-state index contributed by atoms with van der Waals surface area (Å²) in [4.78, 5) is 2.60. The van der Waals surface area contributed by atoms with Crippen LogP contribution in [-0.2, 0) is 0 Å². The molecule has 0 radical (unpaired) electrons. The van der Waals surface area contributed by atoms with Crippen molar-refractivity contribution in [1.29, 1.82) is 0 Å². The maximum atomic E-state index is 5.91. The Hall–Kier alpha value is -1.80. The molecule has 0 amide bonds. The molecule has 0 saturated carbocycles. The molecule has 2 nitrogen and oxygen atoms in total. The number of ether oxygens (including phenoxy) is 1. The SMILES string of the molecule is C[C@@H]1C[C@@H](C)CN(CCCOc2ccc(-c3ccccc3)cc2)C1. The second-order valence-electron chi connectivity index (χ2n) is 7.30. The van der Waals surface area contributed by atoms with E-state index in [9.17, 15) is 0 Å². The third-order valence-electron chi connectivity index (χ3n) is 4.79. The van der Waals surface area contributed by atoms with E-state index < -0.39 is 0 Å². The van der Waals surface area contributed by atoms with Crippen molar-refractivity contribution in [2.45, 2.75) is 26.7 Å². The van der Waals surface area contributed by atoms with Crippen LogP contribution in [0.3, 0.4) is 0 Å². The Morgan fingerprint density at radius 1 is 0.875 bits per heavy atom. The van der Waals surface area contributed by atoms with Crippen LogP contribution in [0.4, 0.5) is 0 Å². The maximum absolute atomic E-state index is 5.91. The highest BCUT2D eigenvalue weighted by atomic mass is 16.5. The van der Waals surface area contributed by atoms with Gasteiger partial charge >= 0.3 is 0 Å². The molecule has 24 heavy (non-hydrogen) atoms. The summed E-state index contributed by atoms with van der Waals surface area (Å²) in [6.45, 7) is 9.17. The molecule has 1 heterocycles. The summed E-state index contributed by atoms with van der Waals surface area (Å²) < 4.78 is 5.91. The average Bonchev–Trinajstić information content (AvgIpc) is 2.59. The van der Waals surface area contributed by atoms with Gasteiger partial charge in [0.2, 0.25) is 0 Å². The van der Waals surface area contributed by atoms with E-state index in [4.69, 9.17) is 4.74 Å². The lowest BCUT2D eigenvalue weighted by atomic mass is 9.92. The first-order chi connectivity index (χ1) is 11.7. The quantitative estimate of drug-likeness (QED) is 0.686. The second kappa shape index (κ2) is 8.34. The molecule has 2 aromatic rings. The second-order valence-corrected chi connectivity index (χ2v) is 7.30. The van der Waals surface area contributed by atoms with Crippen LogP contribution in [0.2, 0.25) is 0 Å². The van der Waals surface area contributed by atoms with Crippen LogP contribution in [0.5, 0.6) is 5.75 Å². The number of nitrogens with zero attached hydrogens (tertiary/aromatic N) is 1. The van der Waals surface area contributed by atoms with Gasteiger partial charge in [0.1, 0.15) is 5.75 Å². The summed E-state index contributed by atoms with van der Waals surface area (Å²) in [5.74, 6) is 2.63. The fourth-order valence-corrected chi connectivity index (χ4v) is 3.83. The highest BCUT2D eigenvalue weighted by molar-refractivity contribution is 5.63. The lowest BCUT2D eigenvalue weighted by Gasteiger charge is -2.34. The normalized spacial score (nSPS) is 21.6. The molecule has 1 aliphatic heterocycles. The molecular formula is C22H29NO. The summed E-state index contributed by atoms with van der Waals surface area (Å²) in [6, 6.07) is 18.9. The van der Waals surface area contributed by atoms with E-state index >= 15 is 0 Å². The lowest BCUT2D eigenvalue weighted by Crippen LogP contribution is -2.39. The van der Waals surface area contributed by atoms with E-state index in [1.807, 2.05) is 6.07 Å². The predicted octanol–water partition coefficient (Wildman–Crippen LogP) is 5.10. The Kier molecular flexibility index (Phi) is 5.92. The van der Waals surface area contributed by atoms with Gasteiger partial charge in [-0.15, -0.1) is 0 Å². The van der Waals surface area contributed by atoms with Crippen LogP contribution in [-0.4, -0.2) is 31.1 Å². The molecule has 1 fully saturated rings. The van der Waals surface area contributed by atoms with Crippen LogP contribution in [0.15, 0.2) is 54.6 Å². The van der Waals surface area contributed by atoms with Crippen molar-refractivity contribution in [3.8, 4) is 16.9 Å². The molecular weight excluding hydrogens is 294 g/mol. The van der Waals surface area contributed by atoms with E-state index in [1.165, 1.54) is 30.6 Å². The average molecular weight is 323 g/mol. The highest BCUT2D eigenvalue weighted by Crippen LogP contribution is 2.23. The van der Waals surface area contributed by atoms with Crippen molar-refractivity contribution in [2.75, 3.05) is 26.2 Å². The Labute approximate surface area is 146 Å². The summed E-state index contributed by atoms with van der Waals surface area (Å²) in [6.07, 6.45) is 2.47. The molecule has 2 heteroatoms. The van der Waals surface area contributed by atoms with Crippen LogP contribution < -0.4 is 4.74 Å². The molecule has 128 valence electrons. The Balaban J connectivity index is 1.42. The van der Waals surface area contributed by atoms with Gasteiger partial charge in [-0.1, -0.05) is 56.3 Å². The van der Waals surface area contributed by atoms with Gasteiger partial charge in [-0.3, -0.25) is 0 Å². The summed E-state index contributed by atoms with van der Waals surface area (Å²) in [7, 11) is 0. The Morgan fingerprint density at radius 2 is 1.50 bits per heavy atom. The van der Waals surface area contributed by atoms with Gasteiger partial charge in [-0.05, 0) is 47.9 Å². The standard InChI is InChI=1S/C22H29NO/c1-18-15-19(2)17-23(16-18)13-6-14-24-22-11-9-21(10-12-22)20-7-4-3-5-8-20/h3-5,7-12,18-19H,6,13-17H2,1-2H3/t18-,19-/m1/s1. The molecule has 0 N–H and O–H groups in total. The summed E-state index contributed by atoms with van der Waals surface area (Å²) >= 11 is 0. The minimum atomic E-state index is 0.796. The first-order valence-corrected chi connectivity index (χ1v) is 9.21. The number of hydrogen-bond donors (Lipinski definition) is 0. The Bertz CT molecular complexity index is 598. The molecule has 3 rings (SSSR count). The van der Waals surface area contributed by atoms with Crippen molar-refractivity contribution in [2.24, 2.45) is 11.8 Å². The van der Waals surface area contributed by atoms with E-state index in [1.54, 1.807) is 0 Å². The molecule has 1 saturated heterocycles. The molecule has 1 aliphatic rings. The first-order valence-electron chi connectivity index (χ1n) is 9.21. The summed E-state index contributed by atoms with van der Waals surface area (Å²) in [5, 5.41) is 0. The van der Waals surface area contributed by atoms with Crippen LogP contribution in [0.1, 0.15) is 26.7 Å². The molecule has 0 aromatic heterocycles. The number of piperidine rings is 1. The van der Waals surface area contributed by atoms with Gasteiger partial charge < -0.3 is 9.64 Å². The van der Waals surface area contributed by atoms with Gasteiger partial charge in [0.15, 0.2) is 0 Å². The van der Waals surface area contributed by atoms with Crippen molar-refractivity contribution in [3.63, 3.8) is 0 Å². The fraction of sp³-hybridized carbons (Fsp3) is 0.455. The minimum absolute atomic E-state index is 0.796. The largest absolute Gasteiger partial charge is 0.494 e. The highest BCUT2D eigenvalue weighted by Gasteiger charge is 2.20. The van der Waals surface area contributed by atoms with Crippen molar-refractivity contribution in [3.05, 3.63) is 54.6 Å². The van der Waals surface area contributed by atoms with Gasteiger partial charge in [-0.2, -0.15) is 0 Å². The van der Waals surface area contributed by atoms with Crippen LogP contribution in [0, 0.1) is 11.8 Å². The number of rotatable bonds is 6. The van der Waals surface area contributed by atoms with Gasteiger partial charge in [0.05, 0.1) is 6.61 Å². The summed E-state index contributed by atoms with van der Waals surface area (Å²) in [5.41, 5.74) is 2.48. The van der Waals surface area contributed by atoms with E-state index in [0.29, 0.717) is 0 Å². The zero-order valence-corrected chi connectivity index (χ0v) is 14.9. The number of hydrogen-bond acceptors (Lipinski definition) is 2. The van der Waals surface area contributed by atoms with Crippen LogP contribution >= 0.6 is 0 Å². The topological polar surface area (TPSA) is 12.5 Å². The molecule has 0 aliphatic carbocycles. The van der Waals surface area contributed by atoms with Crippen LogP contribution in [0.25, 0.3) is 11.1 Å². The van der Waals surface area contributed by atoms with Crippen molar-refractivity contribution >= 4 is 0 Å². The number of likely N-dealkylation sites (tertiary alicyclic amines) is 1. The molecule has 0 spiro atoms. The maximum Gasteiger partial charge on any atom is 0.119 e.